The highest BCUT2D eigenvalue weighted by atomic mass is 16.5. The summed E-state index contributed by atoms with van der Waals surface area (Å²) in [5.41, 5.74) is 7.41. The molecule has 0 radical (unpaired) electrons. The molecule has 2 aromatic carbocycles. The Bertz CT molecular complexity index is 1550. The first kappa shape index (κ1) is 22.8. The lowest BCUT2D eigenvalue weighted by atomic mass is 10.1. The lowest BCUT2D eigenvalue weighted by Gasteiger charge is -2.08. The van der Waals surface area contributed by atoms with Gasteiger partial charge in [-0.15, -0.1) is 0 Å². The molecule has 0 saturated carbocycles. The number of nitrogens with zero attached hydrogens (tertiary/aromatic N) is 3. The van der Waals surface area contributed by atoms with E-state index in [-0.39, 0.29) is 5.97 Å². The number of aromatic nitrogens is 3. The number of esters is 1. The van der Waals surface area contributed by atoms with Crippen molar-refractivity contribution in [3.05, 3.63) is 114 Å². The van der Waals surface area contributed by atoms with Gasteiger partial charge in [-0.1, -0.05) is 54.6 Å². The maximum Gasteiger partial charge on any atom is 0.337 e. The largest absolute Gasteiger partial charge is 0.465 e. The standard InChI is InChI=1S/C30H21N3O3/c1-36-30(35)23-17-15-22(16-18-23)25-6-3-8-27(32-25)29-10-4-9-28(33-29)26-7-2-5-24(31-26)21-13-11-20(19-34)12-14-21/h2-19H,1H3. The topological polar surface area (TPSA) is 82.0 Å². The molecule has 0 aliphatic rings. The highest BCUT2D eigenvalue weighted by molar-refractivity contribution is 5.89. The van der Waals surface area contributed by atoms with E-state index in [0.29, 0.717) is 11.1 Å². The molecule has 3 aromatic heterocycles. The molecule has 5 aromatic rings. The van der Waals surface area contributed by atoms with Crippen LogP contribution in [0.3, 0.4) is 0 Å². The van der Waals surface area contributed by atoms with Crippen molar-refractivity contribution in [1.29, 1.82) is 0 Å². The van der Waals surface area contributed by atoms with E-state index in [2.05, 4.69) is 0 Å². The Balaban J connectivity index is 1.45. The zero-order chi connectivity index (χ0) is 24.9. The number of methoxy groups -OCH3 is 1. The predicted molar refractivity (Wildman–Crippen MR) is 138 cm³/mol. The fourth-order valence-electron chi connectivity index (χ4n) is 3.82. The smallest absolute Gasteiger partial charge is 0.337 e. The molecule has 174 valence electrons. The van der Waals surface area contributed by atoms with E-state index in [1.54, 1.807) is 24.3 Å². The lowest BCUT2D eigenvalue weighted by molar-refractivity contribution is 0.0600. The summed E-state index contributed by atoms with van der Waals surface area (Å²) in [5, 5.41) is 0. The van der Waals surface area contributed by atoms with Gasteiger partial charge >= 0.3 is 5.97 Å². The van der Waals surface area contributed by atoms with Gasteiger partial charge in [-0.25, -0.2) is 19.7 Å². The summed E-state index contributed by atoms with van der Waals surface area (Å²) in [6, 6.07) is 31.8. The van der Waals surface area contributed by atoms with Crippen molar-refractivity contribution in [3.8, 4) is 45.3 Å². The maximum absolute atomic E-state index is 11.7. The van der Waals surface area contributed by atoms with Gasteiger partial charge in [0.25, 0.3) is 0 Å². The number of benzene rings is 2. The van der Waals surface area contributed by atoms with Crippen LogP contribution >= 0.6 is 0 Å². The van der Waals surface area contributed by atoms with Crippen molar-refractivity contribution in [2.24, 2.45) is 0 Å². The Morgan fingerprint density at radius 3 is 1.39 bits per heavy atom. The Morgan fingerprint density at radius 1 is 0.583 bits per heavy atom. The third kappa shape index (κ3) is 4.79. The van der Waals surface area contributed by atoms with Gasteiger partial charge in [-0.05, 0) is 48.5 Å². The summed E-state index contributed by atoms with van der Waals surface area (Å²) in [6.07, 6.45) is 0.823. The van der Waals surface area contributed by atoms with Gasteiger partial charge in [-0.2, -0.15) is 0 Å². The second kappa shape index (κ2) is 10.1. The van der Waals surface area contributed by atoms with E-state index in [4.69, 9.17) is 19.7 Å². The molecule has 0 aliphatic heterocycles. The SMILES string of the molecule is COC(=O)c1ccc(-c2cccc(-c3cccc(-c4cccc(-c5ccc(C=O)cc5)n4)n3)n2)cc1. The second-order valence-corrected chi connectivity index (χ2v) is 8.03. The molecule has 6 nitrogen and oxygen atoms in total. The second-order valence-electron chi connectivity index (χ2n) is 8.03. The predicted octanol–water partition coefficient (Wildman–Crippen LogP) is 6.14. The fraction of sp³-hybridized carbons (Fsp3) is 0.0333. The van der Waals surface area contributed by atoms with Crippen LogP contribution in [-0.4, -0.2) is 34.3 Å². The summed E-state index contributed by atoms with van der Waals surface area (Å²) in [7, 11) is 1.36. The molecule has 36 heavy (non-hydrogen) atoms. The van der Waals surface area contributed by atoms with E-state index >= 15 is 0 Å². The van der Waals surface area contributed by atoms with Crippen LogP contribution in [0.4, 0.5) is 0 Å². The van der Waals surface area contributed by atoms with E-state index in [1.807, 2.05) is 78.9 Å². The van der Waals surface area contributed by atoms with Crippen molar-refractivity contribution >= 4 is 12.3 Å². The summed E-state index contributed by atoms with van der Waals surface area (Å²) in [5.74, 6) is -0.375. The first-order valence-electron chi connectivity index (χ1n) is 11.3. The van der Waals surface area contributed by atoms with Crippen molar-refractivity contribution in [1.82, 2.24) is 15.0 Å². The number of aldehydes is 1. The fourth-order valence-corrected chi connectivity index (χ4v) is 3.82. The van der Waals surface area contributed by atoms with Crippen molar-refractivity contribution < 1.29 is 14.3 Å². The average Bonchev–Trinajstić information content (AvgIpc) is 2.97. The summed E-state index contributed by atoms with van der Waals surface area (Å²) < 4.78 is 4.77. The number of pyridine rings is 3. The molecule has 0 fully saturated rings. The third-order valence-electron chi connectivity index (χ3n) is 5.72. The molecule has 0 amide bonds. The van der Waals surface area contributed by atoms with Gasteiger partial charge in [0.1, 0.15) is 6.29 Å². The Labute approximate surface area is 208 Å². The van der Waals surface area contributed by atoms with Gasteiger partial charge in [-0.3, -0.25) is 4.79 Å². The summed E-state index contributed by atoms with van der Waals surface area (Å²) >= 11 is 0. The van der Waals surface area contributed by atoms with Crippen LogP contribution in [0.2, 0.25) is 0 Å². The number of hydrogen-bond donors (Lipinski definition) is 0. The number of carbonyl (C=O) groups is 2. The number of carbonyl (C=O) groups excluding carboxylic acids is 2. The van der Waals surface area contributed by atoms with Crippen molar-refractivity contribution in [2.75, 3.05) is 7.11 Å². The molecule has 0 unspecified atom stereocenters. The lowest BCUT2D eigenvalue weighted by Crippen LogP contribution is -2.00. The van der Waals surface area contributed by atoms with Crippen LogP contribution in [0.1, 0.15) is 20.7 Å². The normalized spacial score (nSPS) is 10.6. The highest BCUT2D eigenvalue weighted by Crippen LogP contribution is 2.26. The molecule has 0 saturated heterocycles. The summed E-state index contributed by atoms with van der Waals surface area (Å²) in [4.78, 5) is 37.1. The zero-order valence-electron chi connectivity index (χ0n) is 19.5. The van der Waals surface area contributed by atoms with Gasteiger partial charge < -0.3 is 4.74 Å². The quantitative estimate of drug-likeness (QED) is 0.219. The van der Waals surface area contributed by atoms with E-state index in [9.17, 15) is 9.59 Å². The molecule has 0 atom stereocenters. The van der Waals surface area contributed by atoms with Gasteiger partial charge in [0.15, 0.2) is 0 Å². The number of ether oxygens (including phenoxy) is 1. The van der Waals surface area contributed by atoms with Crippen LogP contribution in [-0.2, 0) is 4.74 Å². The van der Waals surface area contributed by atoms with Gasteiger partial charge in [0.2, 0.25) is 0 Å². The first-order chi connectivity index (χ1) is 17.6. The van der Waals surface area contributed by atoms with Crippen LogP contribution < -0.4 is 0 Å². The number of rotatable bonds is 6. The molecule has 0 spiro atoms. The Hall–Kier alpha value is -4.97. The molecule has 3 heterocycles. The third-order valence-corrected chi connectivity index (χ3v) is 5.72. The molecule has 0 bridgehead atoms. The highest BCUT2D eigenvalue weighted by Gasteiger charge is 2.10. The van der Waals surface area contributed by atoms with E-state index < -0.39 is 0 Å². The minimum atomic E-state index is -0.375. The van der Waals surface area contributed by atoms with Gasteiger partial charge in [0.05, 0.1) is 46.8 Å². The molecule has 6 heteroatoms. The molecular formula is C30H21N3O3. The monoisotopic (exact) mass is 471 g/mol. The molecule has 0 aliphatic carbocycles. The Kier molecular flexibility index (Phi) is 6.40. The Morgan fingerprint density at radius 2 is 0.972 bits per heavy atom. The van der Waals surface area contributed by atoms with E-state index in [0.717, 1.165) is 51.6 Å². The molecular weight excluding hydrogens is 450 g/mol. The van der Waals surface area contributed by atoms with Crippen molar-refractivity contribution in [3.63, 3.8) is 0 Å². The maximum atomic E-state index is 11.7. The van der Waals surface area contributed by atoms with E-state index in [1.165, 1.54) is 7.11 Å². The van der Waals surface area contributed by atoms with Gasteiger partial charge in [0, 0.05) is 16.7 Å². The average molecular weight is 472 g/mol. The molecule has 0 N–H and O–H groups in total. The zero-order valence-corrected chi connectivity index (χ0v) is 19.5. The number of hydrogen-bond acceptors (Lipinski definition) is 6. The summed E-state index contributed by atoms with van der Waals surface area (Å²) in [6.45, 7) is 0. The van der Waals surface area contributed by atoms with Crippen LogP contribution in [0.15, 0.2) is 103 Å². The molecule has 5 rings (SSSR count). The van der Waals surface area contributed by atoms with Crippen molar-refractivity contribution in [2.45, 2.75) is 0 Å². The minimum Gasteiger partial charge on any atom is -0.465 e. The first-order valence-corrected chi connectivity index (χ1v) is 11.3. The van der Waals surface area contributed by atoms with Crippen LogP contribution in [0.5, 0.6) is 0 Å². The minimum absolute atomic E-state index is 0.375. The van der Waals surface area contributed by atoms with Crippen LogP contribution in [0, 0.1) is 0 Å². The van der Waals surface area contributed by atoms with Crippen LogP contribution in [0.25, 0.3) is 45.3 Å².